The molecule has 2 heterocycles. The van der Waals surface area contributed by atoms with Gasteiger partial charge >= 0.3 is 0 Å². The van der Waals surface area contributed by atoms with Crippen LogP contribution in [-0.4, -0.2) is 24.7 Å². The van der Waals surface area contributed by atoms with Crippen LogP contribution in [0.2, 0.25) is 0 Å². The van der Waals surface area contributed by atoms with Crippen molar-refractivity contribution in [1.29, 1.82) is 5.26 Å². The molecule has 128 valence electrons. The second kappa shape index (κ2) is 6.41. The van der Waals surface area contributed by atoms with Crippen molar-refractivity contribution in [2.45, 2.75) is 31.2 Å². The van der Waals surface area contributed by atoms with E-state index in [-0.39, 0.29) is 5.91 Å². The van der Waals surface area contributed by atoms with E-state index in [1.54, 1.807) is 0 Å². The Morgan fingerprint density at radius 3 is 2.64 bits per heavy atom. The van der Waals surface area contributed by atoms with Crippen LogP contribution in [0.25, 0.3) is 10.4 Å². The lowest BCUT2D eigenvalue weighted by molar-refractivity contribution is 0.0925. The molecular weight excluding hydrogens is 336 g/mol. The first-order valence-corrected chi connectivity index (χ1v) is 9.24. The van der Waals surface area contributed by atoms with E-state index in [1.807, 2.05) is 30.3 Å². The normalized spacial score (nSPS) is 17.7. The summed E-state index contributed by atoms with van der Waals surface area (Å²) in [5, 5.41) is 12.4. The molecule has 0 spiro atoms. The number of benzene rings is 1. The van der Waals surface area contributed by atoms with Gasteiger partial charge in [0.25, 0.3) is 5.91 Å². The Balaban J connectivity index is 1.54. The highest BCUT2D eigenvalue weighted by Crippen LogP contribution is 2.37. The summed E-state index contributed by atoms with van der Waals surface area (Å²) in [7, 11) is 0. The second-order valence-corrected chi connectivity index (χ2v) is 7.46. The van der Waals surface area contributed by atoms with E-state index in [1.165, 1.54) is 11.3 Å². The van der Waals surface area contributed by atoms with Gasteiger partial charge in [0, 0.05) is 4.88 Å². The maximum absolute atomic E-state index is 12.5. The molecule has 25 heavy (non-hydrogen) atoms. The predicted octanol–water partition coefficient (Wildman–Crippen LogP) is 3.75. The average molecular weight is 354 g/mol. The van der Waals surface area contributed by atoms with Gasteiger partial charge in [0.2, 0.25) is 0 Å². The zero-order valence-corrected chi connectivity index (χ0v) is 14.5. The van der Waals surface area contributed by atoms with Crippen molar-refractivity contribution in [2.24, 2.45) is 0 Å². The summed E-state index contributed by atoms with van der Waals surface area (Å²) in [5.41, 5.74) is 0.294. The third-order valence-electron chi connectivity index (χ3n) is 4.68. The second-order valence-electron chi connectivity index (χ2n) is 6.38. The van der Waals surface area contributed by atoms with Crippen LogP contribution < -0.4 is 14.8 Å². The minimum absolute atomic E-state index is 0.169. The van der Waals surface area contributed by atoms with Gasteiger partial charge in [0.1, 0.15) is 18.8 Å². The van der Waals surface area contributed by atoms with Crippen molar-refractivity contribution in [1.82, 2.24) is 5.32 Å². The summed E-state index contributed by atoms with van der Waals surface area (Å²) in [5.74, 6) is 1.32. The van der Waals surface area contributed by atoms with Gasteiger partial charge in [-0.1, -0.05) is 0 Å². The van der Waals surface area contributed by atoms with E-state index in [0.717, 1.165) is 47.6 Å². The van der Waals surface area contributed by atoms with Gasteiger partial charge in [-0.3, -0.25) is 4.79 Å². The lowest BCUT2D eigenvalue weighted by Crippen LogP contribution is -2.44. The molecule has 5 nitrogen and oxygen atoms in total. The highest BCUT2D eigenvalue weighted by molar-refractivity contribution is 7.17. The van der Waals surface area contributed by atoms with Crippen molar-refractivity contribution < 1.29 is 14.3 Å². The monoisotopic (exact) mass is 354 g/mol. The first-order valence-electron chi connectivity index (χ1n) is 8.43. The molecule has 6 heteroatoms. The number of carbonyl (C=O) groups excluding carboxylic acids is 1. The van der Waals surface area contributed by atoms with Crippen LogP contribution in [0.1, 0.15) is 35.4 Å². The molecular formula is C19H18N2O3S. The summed E-state index contributed by atoms with van der Waals surface area (Å²) in [6, 6.07) is 11.8. The number of ether oxygens (including phenoxy) is 2. The van der Waals surface area contributed by atoms with E-state index in [9.17, 15) is 10.1 Å². The number of carbonyl (C=O) groups is 1. The Morgan fingerprint density at radius 1 is 1.12 bits per heavy atom. The van der Waals surface area contributed by atoms with Gasteiger partial charge in [-0.25, -0.2) is 0 Å². The van der Waals surface area contributed by atoms with Crippen molar-refractivity contribution in [3.05, 3.63) is 35.2 Å². The Labute approximate surface area is 150 Å². The first-order chi connectivity index (χ1) is 12.2. The molecule has 1 fully saturated rings. The van der Waals surface area contributed by atoms with Crippen molar-refractivity contribution in [3.8, 4) is 28.0 Å². The lowest BCUT2D eigenvalue weighted by atomic mass is 10.00. The number of amides is 1. The molecule has 0 bridgehead atoms. The molecule has 1 aromatic carbocycles. The van der Waals surface area contributed by atoms with E-state index >= 15 is 0 Å². The molecule has 1 N–H and O–H groups in total. The molecule has 0 radical (unpaired) electrons. The number of nitrogens with one attached hydrogen (secondary N) is 1. The highest BCUT2D eigenvalue weighted by atomic mass is 32.1. The van der Waals surface area contributed by atoms with Gasteiger partial charge in [0.05, 0.1) is 10.9 Å². The first kappa shape index (κ1) is 16.0. The number of hydrogen-bond acceptors (Lipinski definition) is 5. The predicted molar refractivity (Wildman–Crippen MR) is 95.0 cm³/mol. The number of nitriles is 1. The van der Waals surface area contributed by atoms with Gasteiger partial charge in [0.15, 0.2) is 11.5 Å². The van der Waals surface area contributed by atoms with Crippen LogP contribution in [-0.2, 0) is 0 Å². The van der Waals surface area contributed by atoms with Crippen LogP contribution >= 0.6 is 11.3 Å². The largest absolute Gasteiger partial charge is 0.486 e. The topological polar surface area (TPSA) is 71.4 Å². The molecule has 0 unspecified atom stereocenters. The molecule has 2 aliphatic rings. The van der Waals surface area contributed by atoms with Gasteiger partial charge in [-0.2, -0.15) is 5.26 Å². The third kappa shape index (κ3) is 3.08. The van der Waals surface area contributed by atoms with Crippen LogP contribution in [0.4, 0.5) is 0 Å². The molecule has 1 aromatic heterocycles. The minimum Gasteiger partial charge on any atom is -0.486 e. The van der Waals surface area contributed by atoms with Crippen molar-refractivity contribution in [3.63, 3.8) is 0 Å². The molecule has 1 amide bonds. The fourth-order valence-electron chi connectivity index (χ4n) is 3.33. The Kier molecular flexibility index (Phi) is 4.10. The molecule has 0 atom stereocenters. The Bertz CT molecular complexity index is 847. The molecule has 1 saturated carbocycles. The zero-order valence-electron chi connectivity index (χ0n) is 13.7. The highest BCUT2D eigenvalue weighted by Gasteiger charge is 2.35. The van der Waals surface area contributed by atoms with E-state index < -0.39 is 5.54 Å². The standard InChI is InChI=1S/C19H18N2O3S/c20-12-19(7-1-2-8-19)21-18(22)17-6-5-16(25-17)13-3-4-14-15(11-13)24-10-9-23-14/h3-6,11H,1-2,7-10H2,(H,21,22). The summed E-state index contributed by atoms with van der Waals surface area (Å²) in [6.45, 7) is 1.11. The zero-order chi connectivity index (χ0) is 17.3. The third-order valence-corrected chi connectivity index (χ3v) is 5.81. The van der Waals surface area contributed by atoms with E-state index in [4.69, 9.17) is 9.47 Å². The molecule has 4 rings (SSSR count). The van der Waals surface area contributed by atoms with E-state index in [2.05, 4.69) is 11.4 Å². The fourth-order valence-corrected chi connectivity index (χ4v) is 4.23. The van der Waals surface area contributed by atoms with Gasteiger partial charge in [-0.15, -0.1) is 11.3 Å². The number of fused-ring (bicyclic) bond motifs is 1. The SMILES string of the molecule is N#CC1(NC(=O)c2ccc(-c3ccc4c(c3)OCCO4)s2)CCCC1. The van der Waals surface area contributed by atoms with E-state index in [0.29, 0.717) is 18.1 Å². The summed E-state index contributed by atoms with van der Waals surface area (Å²) in [4.78, 5) is 14.1. The number of hydrogen-bond donors (Lipinski definition) is 1. The average Bonchev–Trinajstić information content (AvgIpc) is 3.31. The van der Waals surface area contributed by atoms with Gasteiger partial charge in [-0.05, 0) is 61.6 Å². The smallest absolute Gasteiger partial charge is 0.262 e. The maximum Gasteiger partial charge on any atom is 0.262 e. The number of nitrogens with zero attached hydrogens (tertiary/aromatic N) is 1. The molecule has 0 saturated heterocycles. The van der Waals surface area contributed by atoms with Crippen LogP contribution in [0.3, 0.4) is 0 Å². The molecule has 2 aromatic rings. The maximum atomic E-state index is 12.5. The minimum atomic E-state index is -0.696. The van der Waals surface area contributed by atoms with Crippen LogP contribution in [0.5, 0.6) is 11.5 Å². The Morgan fingerprint density at radius 2 is 1.88 bits per heavy atom. The van der Waals surface area contributed by atoms with Crippen molar-refractivity contribution >= 4 is 17.2 Å². The fraction of sp³-hybridized carbons (Fsp3) is 0.368. The summed E-state index contributed by atoms with van der Waals surface area (Å²) >= 11 is 1.42. The van der Waals surface area contributed by atoms with Crippen LogP contribution in [0.15, 0.2) is 30.3 Å². The Hall–Kier alpha value is -2.52. The number of thiophene rings is 1. The molecule has 1 aliphatic heterocycles. The van der Waals surface area contributed by atoms with Gasteiger partial charge < -0.3 is 14.8 Å². The quantitative estimate of drug-likeness (QED) is 0.911. The molecule has 1 aliphatic carbocycles. The summed E-state index contributed by atoms with van der Waals surface area (Å²) < 4.78 is 11.2. The lowest BCUT2D eigenvalue weighted by Gasteiger charge is -2.21. The van der Waals surface area contributed by atoms with Crippen LogP contribution in [0, 0.1) is 11.3 Å². The van der Waals surface area contributed by atoms with Crippen molar-refractivity contribution in [2.75, 3.05) is 13.2 Å². The number of rotatable bonds is 3. The summed E-state index contributed by atoms with van der Waals surface area (Å²) in [6.07, 6.45) is 3.44.